The Bertz CT molecular complexity index is 1230. The van der Waals surface area contributed by atoms with Crippen LogP contribution in [0.25, 0.3) is 0 Å². The van der Waals surface area contributed by atoms with Crippen LogP contribution in [0.5, 0.6) is 0 Å². The predicted octanol–water partition coefficient (Wildman–Crippen LogP) is 7.66. The third kappa shape index (κ3) is 3.67. The molecule has 0 saturated heterocycles. The zero-order valence-corrected chi connectivity index (χ0v) is 25.8. The lowest BCUT2D eigenvalue weighted by atomic mass is 9.33. The topological polar surface area (TPSA) is 76.7 Å². The molecule has 6 rings (SSSR count). The maximum atomic E-state index is 14.5. The molecule has 0 spiro atoms. The van der Waals surface area contributed by atoms with Crippen LogP contribution in [0.15, 0.2) is 34.5 Å². The normalized spacial score (nSPS) is 47.7. The molecule has 0 radical (unpaired) electrons. The van der Waals surface area contributed by atoms with Crippen LogP contribution in [-0.4, -0.2) is 23.0 Å². The van der Waals surface area contributed by atoms with Gasteiger partial charge < -0.3 is 14.3 Å². The van der Waals surface area contributed by atoms with Crippen molar-refractivity contribution in [2.24, 2.45) is 50.2 Å². The molecular weight excluding hydrogens is 500 g/mol. The SMILES string of the molecule is CC1(C)[C@@H](O)CC[C@]2(C)[C@H]3C(=O)C=C4[C@@H]5C[C@@](C)(C(=O)OCc6ccco6)CC[C@]5(C)CC[C@@]4(C)[C@]3(C)CC[C@@H]12. The number of allylic oxidation sites excluding steroid dienone is 2. The van der Waals surface area contributed by atoms with Crippen molar-refractivity contribution < 1.29 is 23.8 Å². The molecule has 4 saturated carbocycles. The van der Waals surface area contributed by atoms with Crippen molar-refractivity contribution in [2.75, 3.05) is 0 Å². The molecule has 9 atom stereocenters. The summed E-state index contributed by atoms with van der Waals surface area (Å²) >= 11 is 0. The van der Waals surface area contributed by atoms with Crippen LogP contribution in [0, 0.1) is 50.2 Å². The Morgan fingerprint density at radius 2 is 1.73 bits per heavy atom. The summed E-state index contributed by atoms with van der Waals surface area (Å²) in [6.45, 7) is 16.3. The summed E-state index contributed by atoms with van der Waals surface area (Å²) in [6, 6.07) is 3.64. The number of ketones is 1. The summed E-state index contributed by atoms with van der Waals surface area (Å²) in [6.07, 6.45) is 11.9. The second-order valence-corrected chi connectivity index (χ2v) is 16.3. The molecule has 1 N–H and O–H groups in total. The number of fused-ring (bicyclic) bond motifs is 7. The smallest absolute Gasteiger partial charge is 0.312 e. The molecule has 5 heteroatoms. The third-order valence-electron chi connectivity index (χ3n) is 14.0. The van der Waals surface area contributed by atoms with E-state index in [1.807, 2.05) is 12.1 Å². The largest absolute Gasteiger partial charge is 0.466 e. The Morgan fingerprint density at radius 1 is 1.00 bits per heavy atom. The van der Waals surface area contributed by atoms with Gasteiger partial charge in [0, 0.05) is 5.92 Å². The van der Waals surface area contributed by atoms with E-state index in [0.717, 1.165) is 57.8 Å². The first-order valence-electron chi connectivity index (χ1n) is 15.7. The Morgan fingerprint density at radius 3 is 2.42 bits per heavy atom. The molecule has 0 bridgehead atoms. The summed E-state index contributed by atoms with van der Waals surface area (Å²) in [5, 5.41) is 11.0. The van der Waals surface area contributed by atoms with Crippen LogP contribution >= 0.6 is 0 Å². The van der Waals surface area contributed by atoms with Gasteiger partial charge in [0.05, 0.1) is 17.8 Å². The Hall–Kier alpha value is -1.88. The fourth-order valence-electron chi connectivity index (χ4n) is 11.1. The second-order valence-electron chi connectivity index (χ2n) is 16.3. The zero-order valence-electron chi connectivity index (χ0n) is 25.8. The third-order valence-corrected chi connectivity index (χ3v) is 14.0. The first-order chi connectivity index (χ1) is 18.6. The van der Waals surface area contributed by atoms with E-state index in [1.165, 1.54) is 5.57 Å². The summed E-state index contributed by atoms with van der Waals surface area (Å²) in [4.78, 5) is 28.0. The van der Waals surface area contributed by atoms with E-state index in [9.17, 15) is 14.7 Å². The average Bonchev–Trinajstić information content (AvgIpc) is 3.41. The zero-order chi connectivity index (χ0) is 28.9. The first kappa shape index (κ1) is 28.2. The molecule has 0 aliphatic heterocycles. The molecule has 5 nitrogen and oxygen atoms in total. The van der Waals surface area contributed by atoms with E-state index in [4.69, 9.17) is 9.15 Å². The Kier molecular flexibility index (Phi) is 6.23. The average molecular weight is 551 g/mol. The van der Waals surface area contributed by atoms with Gasteiger partial charge in [-0.05, 0) is 122 Å². The second kappa shape index (κ2) is 8.82. The lowest BCUT2D eigenvalue weighted by Gasteiger charge is -2.70. The number of aliphatic hydroxyl groups excluding tert-OH is 1. The van der Waals surface area contributed by atoms with Gasteiger partial charge in [0.15, 0.2) is 5.78 Å². The lowest BCUT2D eigenvalue weighted by molar-refractivity contribution is -0.202. The van der Waals surface area contributed by atoms with Crippen molar-refractivity contribution >= 4 is 11.8 Å². The van der Waals surface area contributed by atoms with Crippen molar-refractivity contribution in [2.45, 2.75) is 119 Å². The molecule has 0 amide bonds. The van der Waals surface area contributed by atoms with Gasteiger partial charge in [0.2, 0.25) is 0 Å². The van der Waals surface area contributed by atoms with Crippen LogP contribution in [0.3, 0.4) is 0 Å². The molecule has 4 fully saturated rings. The molecule has 0 unspecified atom stereocenters. The minimum Gasteiger partial charge on any atom is -0.466 e. The summed E-state index contributed by atoms with van der Waals surface area (Å²) in [5.41, 5.74) is 0.304. The maximum absolute atomic E-state index is 14.5. The molecule has 5 aliphatic carbocycles. The van der Waals surface area contributed by atoms with Crippen LogP contribution in [0.1, 0.15) is 112 Å². The van der Waals surface area contributed by atoms with Gasteiger partial charge in [-0.25, -0.2) is 0 Å². The lowest BCUT2D eigenvalue weighted by Crippen LogP contribution is -2.66. The van der Waals surface area contributed by atoms with Gasteiger partial charge in [-0.15, -0.1) is 0 Å². The Labute approximate surface area is 240 Å². The minimum absolute atomic E-state index is 0.0307. The van der Waals surface area contributed by atoms with Crippen molar-refractivity contribution in [1.29, 1.82) is 0 Å². The highest BCUT2D eigenvalue weighted by Crippen LogP contribution is 2.75. The number of hydrogen-bond acceptors (Lipinski definition) is 5. The highest BCUT2D eigenvalue weighted by molar-refractivity contribution is 5.95. The number of esters is 1. The van der Waals surface area contributed by atoms with Crippen molar-refractivity contribution in [3.8, 4) is 0 Å². The van der Waals surface area contributed by atoms with Gasteiger partial charge >= 0.3 is 5.97 Å². The highest BCUT2D eigenvalue weighted by atomic mass is 16.5. The number of carbonyl (C=O) groups is 2. The van der Waals surface area contributed by atoms with E-state index in [0.29, 0.717) is 17.5 Å². The number of ether oxygens (including phenoxy) is 1. The Balaban J connectivity index is 1.35. The van der Waals surface area contributed by atoms with Crippen LogP contribution < -0.4 is 0 Å². The van der Waals surface area contributed by atoms with Crippen LogP contribution in [-0.2, 0) is 20.9 Å². The number of hydrogen-bond donors (Lipinski definition) is 1. The fourth-order valence-corrected chi connectivity index (χ4v) is 11.1. The van der Waals surface area contributed by atoms with E-state index < -0.39 is 5.41 Å². The maximum Gasteiger partial charge on any atom is 0.312 e. The van der Waals surface area contributed by atoms with Crippen molar-refractivity contribution in [3.05, 3.63) is 35.8 Å². The van der Waals surface area contributed by atoms with Crippen LogP contribution in [0.2, 0.25) is 0 Å². The highest BCUT2D eigenvalue weighted by Gasteiger charge is 2.70. The first-order valence-corrected chi connectivity index (χ1v) is 15.7. The molecule has 1 aromatic rings. The molecule has 1 heterocycles. The van der Waals surface area contributed by atoms with Gasteiger partial charge in [-0.2, -0.15) is 0 Å². The van der Waals surface area contributed by atoms with E-state index >= 15 is 0 Å². The number of carbonyl (C=O) groups excluding carboxylic acids is 2. The van der Waals surface area contributed by atoms with Crippen molar-refractivity contribution in [3.63, 3.8) is 0 Å². The quantitative estimate of drug-likeness (QED) is 0.391. The molecular formula is C35H50O5. The number of aliphatic hydroxyl groups is 1. The molecule has 40 heavy (non-hydrogen) atoms. The molecule has 0 aromatic carbocycles. The number of furan rings is 1. The van der Waals surface area contributed by atoms with E-state index in [2.05, 4.69) is 54.5 Å². The van der Waals surface area contributed by atoms with Gasteiger partial charge in [-0.1, -0.05) is 47.1 Å². The fraction of sp³-hybridized carbons (Fsp3) is 0.771. The van der Waals surface area contributed by atoms with E-state index in [-0.39, 0.29) is 57.6 Å². The van der Waals surface area contributed by atoms with Gasteiger partial charge in [0.1, 0.15) is 12.4 Å². The number of rotatable bonds is 3. The minimum atomic E-state index is -0.580. The molecule has 220 valence electrons. The molecule has 1 aromatic heterocycles. The summed E-state index contributed by atoms with van der Waals surface area (Å²) in [7, 11) is 0. The standard InChI is InChI=1S/C35H50O5/c1-30(2)26-10-13-35(7)28(33(26,5)12-11-27(30)37)25(36)19-23-24-20-32(4,29(38)40-21-22-9-8-18-39-22)15-14-31(24,3)16-17-34(23,35)6/h8-9,18-19,24,26-28,37H,10-17,20-21H2,1-7H3/t24-,26-,27-,28+,31+,32-,33-,34+,35+/m0/s1. The van der Waals surface area contributed by atoms with E-state index in [1.54, 1.807) is 6.26 Å². The molecule has 5 aliphatic rings. The predicted molar refractivity (Wildman–Crippen MR) is 154 cm³/mol. The monoisotopic (exact) mass is 550 g/mol. The van der Waals surface area contributed by atoms with Crippen LogP contribution in [0.4, 0.5) is 0 Å². The van der Waals surface area contributed by atoms with Gasteiger partial charge in [-0.3, -0.25) is 9.59 Å². The summed E-state index contributed by atoms with van der Waals surface area (Å²) in [5.74, 6) is 1.30. The van der Waals surface area contributed by atoms with Gasteiger partial charge in [0.25, 0.3) is 0 Å². The summed E-state index contributed by atoms with van der Waals surface area (Å²) < 4.78 is 11.2. The van der Waals surface area contributed by atoms with Crippen molar-refractivity contribution in [1.82, 2.24) is 0 Å².